The fourth-order valence-electron chi connectivity index (χ4n) is 4.99. The molecule has 29 heavy (non-hydrogen) atoms. The fourth-order valence-corrected chi connectivity index (χ4v) is 5.50. The molecule has 0 bridgehead atoms. The van der Waals surface area contributed by atoms with Crippen molar-refractivity contribution in [2.24, 2.45) is 0 Å². The molecule has 1 atom stereocenters. The van der Waals surface area contributed by atoms with Gasteiger partial charge in [0.1, 0.15) is 0 Å². The van der Waals surface area contributed by atoms with Crippen LogP contribution in [0.15, 0.2) is 48.5 Å². The van der Waals surface area contributed by atoms with Crippen molar-refractivity contribution in [3.63, 3.8) is 0 Å². The van der Waals surface area contributed by atoms with Crippen LogP contribution in [0.1, 0.15) is 54.4 Å². The lowest BCUT2D eigenvalue weighted by atomic mass is 9.88. The molecule has 2 aromatic rings. The summed E-state index contributed by atoms with van der Waals surface area (Å²) in [6.07, 6.45) is 5.59. The van der Waals surface area contributed by atoms with E-state index in [9.17, 15) is 13.0 Å². The monoisotopic (exact) mass is 414 g/mol. The summed E-state index contributed by atoms with van der Waals surface area (Å²) in [5, 5.41) is 3.77. The molecule has 0 aliphatic carbocycles. The number of nitrogens with zero attached hydrogens (tertiary/aromatic N) is 1. The Bertz CT molecular complexity index is 940. The number of hydrogen-bond donors (Lipinski definition) is 2. The summed E-state index contributed by atoms with van der Waals surface area (Å²) in [4.78, 5) is 2.50. The van der Waals surface area contributed by atoms with E-state index in [1.165, 1.54) is 41.5 Å². The number of fused-ring (bicyclic) bond motifs is 1. The zero-order chi connectivity index (χ0) is 20.3. The van der Waals surface area contributed by atoms with Crippen LogP contribution in [0.4, 0.5) is 0 Å². The third kappa shape index (κ3) is 4.56. The Balaban J connectivity index is 1.66. The van der Waals surface area contributed by atoms with Gasteiger partial charge in [0.2, 0.25) is 0 Å². The number of nitrogens with one attached hydrogen (secondary N) is 1. The lowest BCUT2D eigenvalue weighted by Crippen LogP contribution is -2.54. The molecule has 0 amide bonds. The second kappa shape index (κ2) is 8.56. The van der Waals surface area contributed by atoms with Crippen LogP contribution in [0.5, 0.6) is 0 Å². The molecule has 1 saturated heterocycles. The van der Waals surface area contributed by atoms with Gasteiger partial charge in [-0.3, -0.25) is 14.8 Å². The number of piperidine rings is 1. The minimum atomic E-state index is -3.95. The Labute approximate surface area is 173 Å². The Morgan fingerprint density at radius 1 is 1.00 bits per heavy atom. The van der Waals surface area contributed by atoms with Gasteiger partial charge in [-0.25, -0.2) is 0 Å². The van der Waals surface area contributed by atoms with E-state index in [1.807, 2.05) is 6.07 Å². The van der Waals surface area contributed by atoms with E-state index in [-0.39, 0.29) is 11.4 Å². The van der Waals surface area contributed by atoms with Crippen LogP contribution in [0, 0.1) is 0 Å². The van der Waals surface area contributed by atoms with E-state index >= 15 is 0 Å². The number of hydrogen-bond acceptors (Lipinski definition) is 4. The van der Waals surface area contributed by atoms with Crippen molar-refractivity contribution in [2.75, 3.05) is 18.8 Å². The summed E-state index contributed by atoms with van der Waals surface area (Å²) in [7, 11) is -3.95. The Hall–Kier alpha value is -1.73. The molecular formula is C23H30N2O3S. The molecule has 1 unspecified atom stereocenters. The van der Waals surface area contributed by atoms with Gasteiger partial charge in [0.25, 0.3) is 10.1 Å². The first-order valence-corrected chi connectivity index (χ1v) is 12.2. The fraction of sp³-hybridized carbons (Fsp3) is 0.478. The minimum Gasteiger partial charge on any atom is -0.291 e. The van der Waals surface area contributed by atoms with E-state index in [2.05, 4.69) is 52.7 Å². The lowest BCUT2D eigenvalue weighted by Gasteiger charge is -2.44. The molecule has 6 heteroatoms. The normalized spacial score (nSPS) is 22.5. The Morgan fingerprint density at radius 2 is 1.76 bits per heavy atom. The van der Waals surface area contributed by atoms with Crippen molar-refractivity contribution in [3.05, 3.63) is 70.8 Å². The predicted octanol–water partition coefficient (Wildman–Crippen LogP) is 3.69. The quantitative estimate of drug-likeness (QED) is 0.677. The highest BCUT2D eigenvalue weighted by atomic mass is 32.2. The molecule has 2 aliphatic rings. The molecule has 1 fully saturated rings. The van der Waals surface area contributed by atoms with Gasteiger partial charge in [0, 0.05) is 19.6 Å². The summed E-state index contributed by atoms with van der Waals surface area (Å²) < 4.78 is 31.8. The SMILES string of the molecule is O=S(=O)(O)CCCC1(N2CCCCC2)NCc2c(Cc3ccccc3)cccc21. The summed E-state index contributed by atoms with van der Waals surface area (Å²) in [6, 6.07) is 17.0. The topological polar surface area (TPSA) is 69.6 Å². The van der Waals surface area contributed by atoms with E-state index in [4.69, 9.17) is 0 Å². The maximum Gasteiger partial charge on any atom is 0.264 e. The van der Waals surface area contributed by atoms with Crippen LogP contribution in [-0.4, -0.2) is 36.7 Å². The van der Waals surface area contributed by atoms with Crippen molar-refractivity contribution >= 4 is 10.1 Å². The summed E-state index contributed by atoms with van der Waals surface area (Å²) in [5.41, 5.74) is 4.90. The van der Waals surface area contributed by atoms with Crippen molar-refractivity contribution in [1.82, 2.24) is 10.2 Å². The van der Waals surface area contributed by atoms with E-state index < -0.39 is 10.1 Å². The highest BCUT2D eigenvalue weighted by molar-refractivity contribution is 7.85. The molecule has 2 aromatic carbocycles. The first-order chi connectivity index (χ1) is 14.0. The standard InChI is InChI=1S/C23H30N2O3S/c26-29(27,28)16-8-13-23(25-14-5-2-6-15-25)22-12-7-11-20(21(22)18-24-23)17-19-9-3-1-4-10-19/h1,3-4,7,9-12,24H,2,5-6,8,13-18H2,(H,26,27,28). The first kappa shape index (κ1) is 20.5. The minimum absolute atomic E-state index is 0.191. The average Bonchev–Trinajstić information content (AvgIpc) is 3.09. The summed E-state index contributed by atoms with van der Waals surface area (Å²) in [6.45, 7) is 2.82. The third-order valence-electron chi connectivity index (χ3n) is 6.35. The van der Waals surface area contributed by atoms with Crippen LogP contribution in [0.3, 0.4) is 0 Å². The Morgan fingerprint density at radius 3 is 2.48 bits per heavy atom. The molecule has 156 valence electrons. The number of rotatable bonds is 7. The predicted molar refractivity (Wildman–Crippen MR) is 115 cm³/mol. The largest absolute Gasteiger partial charge is 0.291 e. The zero-order valence-electron chi connectivity index (χ0n) is 16.8. The molecule has 2 heterocycles. The third-order valence-corrected chi connectivity index (χ3v) is 7.15. The molecule has 0 radical (unpaired) electrons. The Kier molecular flexibility index (Phi) is 6.06. The number of likely N-dealkylation sites (tertiary alicyclic amines) is 1. The van der Waals surface area contributed by atoms with Gasteiger partial charge in [0.05, 0.1) is 11.4 Å². The molecule has 4 rings (SSSR count). The van der Waals surface area contributed by atoms with Crippen molar-refractivity contribution in [2.45, 2.75) is 50.7 Å². The van der Waals surface area contributed by atoms with Crippen LogP contribution >= 0.6 is 0 Å². The van der Waals surface area contributed by atoms with Crippen LogP contribution < -0.4 is 5.32 Å². The maximum absolute atomic E-state index is 11.3. The summed E-state index contributed by atoms with van der Waals surface area (Å²) in [5.74, 6) is -0.191. The van der Waals surface area contributed by atoms with Gasteiger partial charge in [-0.05, 0) is 54.4 Å². The molecule has 2 N–H and O–H groups in total. The van der Waals surface area contributed by atoms with Crippen LogP contribution in [0.25, 0.3) is 0 Å². The van der Waals surface area contributed by atoms with Gasteiger partial charge >= 0.3 is 0 Å². The van der Waals surface area contributed by atoms with Gasteiger partial charge < -0.3 is 0 Å². The van der Waals surface area contributed by atoms with E-state index in [1.54, 1.807) is 0 Å². The molecular weight excluding hydrogens is 384 g/mol. The van der Waals surface area contributed by atoms with Crippen molar-refractivity contribution < 1.29 is 13.0 Å². The number of benzene rings is 2. The molecule has 0 spiro atoms. The van der Waals surface area contributed by atoms with Crippen LogP contribution in [-0.2, 0) is 28.7 Å². The second-order valence-corrected chi connectivity index (χ2v) is 9.83. The summed E-state index contributed by atoms with van der Waals surface area (Å²) >= 11 is 0. The second-order valence-electron chi connectivity index (χ2n) is 8.26. The smallest absolute Gasteiger partial charge is 0.264 e. The van der Waals surface area contributed by atoms with Crippen molar-refractivity contribution in [3.8, 4) is 0 Å². The zero-order valence-corrected chi connectivity index (χ0v) is 17.6. The first-order valence-electron chi connectivity index (χ1n) is 10.6. The highest BCUT2D eigenvalue weighted by Crippen LogP contribution is 2.41. The van der Waals surface area contributed by atoms with Gasteiger partial charge in [-0.15, -0.1) is 0 Å². The molecule has 0 aromatic heterocycles. The van der Waals surface area contributed by atoms with Gasteiger partial charge in [-0.1, -0.05) is 55.0 Å². The highest BCUT2D eigenvalue weighted by Gasteiger charge is 2.44. The molecule has 2 aliphatic heterocycles. The molecule has 5 nitrogen and oxygen atoms in total. The van der Waals surface area contributed by atoms with Crippen LogP contribution in [0.2, 0.25) is 0 Å². The van der Waals surface area contributed by atoms with Gasteiger partial charge in [-0.2, -0.15) is 8.42 Å². The van der Waals surface area contributed by atoms with E-state index in [0.717, 1.165) is 26.1 Å². The van der Waals surface area contributed by atoms with E-state index in [0.29, 0.717) is 12.8 Å². The van der Waals surface area contributed by atoms with Crippen molar-refractivity contribution in [1.29, 1.82) is 0 Å². The molecule has 0 saturated carbocycles. The average molecular weight is 415 g/mol. The van der Waals surface area contributed by atoms with Gasteiger partial charge in [0.15, 0.2) is 0 Å². The maximum atomic E-state index is 11.3. The lowest BCUT2D eigenvalue weighted by molar-refractivity contribution is 0.0332.